The number of hydrogen-bond donors (Lipinski definition) is 2. The number of carbonyl (C=O) groups excluding carboxylic acids is 2. The van der Waals surface area contributed by atoms with E-state index >= 15 is 0 Å². The quantitative estimate of drug-likeness (QED) is 0.616. The molecule has 7 nitrogen and oxygen atoms in total. The monoisotopic (exact) mass is 345 g/mol. The summed E-state index contributed by atoms with van der Waals surface area (Å²) in [6.45, 7) is 1.16. The summed E-state index contributed by atoms with van der Waals surface area (Å²) in [5, 5.41) is 12.9. The van der Waals surface area contributed by atoms with Gasteiger partial charge < -0.3 is 11.1 Å². The van der Waals surface area contributed by atoms with E-state index in [9.17, 15) is 32.9 Å². The van der Waals surface area contributed by atoms with Gasteiger partial charge in [-0.25, -0.2) is 0 Å². The first-order valence-corrected chi connectivity index (χ1v) is 6.90. The number of amides is 2. The zero-order valence-corrected chi connectivity index (χ0v) is 12.5. The van der Waals surface area contributed by atoms with Crippen molar-refractivity contribution in [3.05, 3.63) is 45.5 Å². The second-order valence-electron chi connectivity index (χ2n) is 5.75. The third kappa shape index (κ3) is 3.31. The number of hydrogen-bond acceptors (Lipinski definition) is 4. The predicted octanol–water partition coefficient (Wildman–Crippen LogP) is 1.19. The first kappa shape index (κ1) is 17.7. The molecular formula is C14H14F3N3O4. The molecule has 24 heavy (non-hydrogen) atoms. The van der Waals surface area contributed by atoms with Crippen molar-refractivity contribution in [2.24, 2.45) is 11.7 Å². The van der Waals surface area contributed by atoms with Gasteiger partial charge in [0, 0.05) is 11.3 Å². The minimum Gasteiger partial charge on any atom is -0.367 e. The molecule has 0 saturated heterocycles. The maximum atomic E-state index is 12.8. The van der Waals surface area contributed by atoms with Crippen LogP contribution in [0.5, 0.6) is 0 Å². The molecule has 0 aliphatic heterocycles. The van der Waals surface area contributed by atoms with Crippen LogP contribution >= 0.6 is 0 Å². The van der Waals surface area contributed by atoms with Crippen LogP contribution in [0.4, 0.5) is 13.2 Å². The largest absolute Gasteiger partial charge is 0.416 e. The van der Waals surface area contributed by atoms with E-state index in [0.717, 1.165) is 19.1 Å². The van der Waals surface area contributed by atoms with Crippen LogP contribution in [0, 0.1) is 16.0 Å². The number of alkyl halides is 3. The molecule has 0 aromatic heterocycles. The van der Waals surface area contributed by atoms with Gasteiger partial charge in [-0.3, -0.25) is 19.7 Å². The smallest absolute Gasteiger partial charge is 0.367 e. The molecule has 0 radical (unpaired) electrons. The Morgan fingerprint density at radius 3 is 2.38 bits per heavy atom. The molecule has 1 aromatic carbocycles. The molecule has 1 fully saturated rings. The van der Waals surface area contributed by atoms with E-state index in [1.54, 1.807) is 0 Å². The second kappa shape index (κ2) is 5.77. The molecule has 3 atom stereocenters. The van der Waals surface area contributed by atoms with Crippen molar-refractivity contribution in [1.29, 1.82) is 0 Å². The molecule has 3 N–H and O–H groups in total. The molecule has 1 aliphatic rings. The molecule has 0 unspecified atom stereocenters. The van der Waals surface area contributed by atoms with E-state index < -0.39 is 46.0 Å². The fraction of sp³-hybridized carbons (Fsp3) is 0.429. The van der Waals surface area contributed by atoms with Gasteiger partial charge in [0.1, 0.15) is 11.5 Å². The van der Waals surface area contributed by atoms with Crippen molar-refractivity contribution >= 4 is 11.8 Å². The van der Waals surface area contributed by atoms with Crippen LogP contribution in [0.15, 0.2) is 24.3 Å². The van der Waals surface area contributed by atoms with Gasteiger partial charge >= 0.3 is 6.18 Å². The van der Waals surface area contributed by atoms with Gasteiger partial charge in [-0.1, -0.05) is 12.1 Å². The molecule has 0 spiro atoms. The lowest BCUT2D eigenvalue weighted by atomic mass is 9.89. The van der Waals surface area contributed by atoms with Crippen molar-refractivity contribution in [3.63, 3.8) is 0 Å². The van der Waals surface area contributed by atoms with Crippen molar-refractivity contribution in [2.75, 3.05) is 0 Å². The maximum absolute atomic E-state index is 12.8. The van der Waals surface area contributed by atoms with Crippen molar-refractivity contribution in [3.8, 4) is 0 Å². The van der Waals surface area contributed by atoms with Crippen molar-refractivity contribution in [2.45, 2.75) is 31.1 Å². The van der Waals surface area contributed by atoms with Crippen molar-refractivity contribution < 1.29 is 27.7 Å². The Morgan fingerprint density at radius 2 is 1.92 bits per heavy atom. The number of nitrogens with two attached hydrogens (primary N) is 1. The lowest BCUT2D eigenvalue weighted by Gasteiger charge is -2.28. The van der Waals surface area contributed by atoms with Crippen LogP contribution in [0.3, 0.4) is 0 Å². The molecular weight excluding hydrogens is 331 g/mol. The lowest BCUT2D eigenvalue weighted by Crippen LogP contribution is -2.53. The average molecular weight is 345 g/mol. The molecule has 10 heteroatoms. The fourth-order valence-corrected chi connectivity index (χ4v) is 2.32. The highest BCUT2D eigenvalue weighted by molar-refractivity contribution is 5.92. The lowest BCUT2D eigenvalue weighted by molar-refractivity contribution is -0.497. The van der Waals surface area contributed by atoms with E-state index in [0.29, 0.717) is 6.07 Å². The predicted molar refractivity (Wildman–Crippen MR) is 75.0 cm³/mol. The Hall–Kier alpha value is -2.65. The number of nitrogens with one attached hydrogen (secondary N) is 1. The minimum absolute atomic E-state index is 0.0102. The Balaban J connectivity index is 2.30. The molecule has 1 aromatic rings. The number of nitro groups is 1. The van der Waals surface area contributed by atoms with Crippen LogP contribution in [0.2, 0.25) is 0 Å². The molecule has 1 saturated carbocycles. The van der Waals surface area contributed by atoms with E-state index in [1.807, 2.05) is 0 Å². The van der Waals surface area contributed by atoms with Gasteiger partial charge in [-0.2, -0.15) is 13.2 Å². The third-order valence-electron chi connectivity index (χ3n) is 4.00. The van der Waals surface area contributed by atoms with Crippen LogP contribution in [-0.2, 0) is 21.3 Å². The maximum Gasteiger partial charge on any atom is 0.416 e. The van der Waals surface area contributed by atoms with Gasteiger partial charge in [0.05, 0.1) is 5.56 Å². The van der Waals surface area contributed by atoms with Crippen molar-refractivity contribution in [1.82, 2.24) is 5.32 Å². The Bertz CT molecular complexity index is 707. The summed E-state index contributed by atoms with van der Waals surface area (Å²) in [6, 6.07) is 2.78. The van der Waals surface area contributed by atoms with Crippen LogP contribution < -0.4 is 11.1 Å². The topological polar surface area (TPSA) is 115 Å². The summed E-state index contributed by atoms with van der Waals surface area (Å²) in [5.41, 5.74) is 2.18. The second-order valence-corrected chi connectivity index (χ2v) is 5.75. The number of nitrogens with zero attached hydrogens (tertiary/aromatic N) is 1. The SMILES string of the molecule is C[C@](NC(=O)[C@H]1C[C@H]1[N+](=O)[O-])(C(N)=O)c1cccc(C(F)(F)F)c1. The minimum atomic E-state index is -4.63. The standard InChI is InChI=1S/C14H14F3N3O4/c1-13(12(18)22,19-11(21)9-6-10(9)20(23)24)7-3-2-4-8(5-7)14(15,16)17/h2-5,9-10H,6H2,1H3,(H2,18,22)(H,19,21)/t9-,10+,13+/m0/s1. The Kier molecular flexibility index (Phi) is 4.25. The van der Waals surface area contributed by atoms with E-state index in [2.05, 4.69) is 5.32 Å². The normalized spacial score (nSPS) is 22.3. The van der Waals surface area contributed by atoms with Gasteiger partial charge in [-0.05, 0) is 24.6 Å². The number of carbonyl (C=O) groups is 2. The summed E-state index contributed by atoms with van der Waals surface area (Å²) < 4.78 is 38.5. The first-order valence-electron chi connectivity index (χ1n) is 6.90. The van der Waals surface area contributed by atoms with E-state index in [1.165, 1.54) is 6.07 Å². The average Bonchev–Trinajstić information content (AvgIpc) is 3.26. The van der Waals surface area contributed by atoms with Crippen LogP contribution in [0.25, 0.3) is 0 Å². The Labute approximate surface area is 134 Å². The van der Waals surface area contributed by atoms with E-state index in [-0.39, 0.29) is 12.0 Å². The summed E-state index contributed by atoms with van der Waals surface area (Å²) in [7, 11) is 0. The first-order chi connectivity index (χ1) is 11.0. The number of halogens is 3. The molecule has 1 aliphatic carbocycles. The van der Waals surface area contributed by atoms with Gasteiger partial charge in [0.25, 0.3) is 0 Å². The van der Waals surface area contributed by atoms with Gasteiger partial charge in [0.15, 0.2) is 0 Å². The molecule has 2 amide bonds. The third-order valence-corrected chi connectivity index (χ3v) is 4.00. The molecule has 2 rings (SSSR count). The highest BCUT2D eigenvalue weighted by Gasteiger charge is 2.55. The molecule has 0 heterocycles. The Morgan fingerprint density at radius 1 is 1.33 bits per heavy atom. The summed E-state index contributed by atoms with van der Waals surface area (Å²) in [6.07, 6.45) is -4.62. The van der Waals surface area contributed by atoms with Gasteiger partial charge in [-0.15, -0.1) is 0 Å². The summed E-state index contributed by atoms with van der Waals surface area (Å²) in [4.78, 5) is 33.8. The molecule has 130 valence electrons. The fourth-order valence-electron chi connectivity index (χ4n) is 2.32. The highest BCUT2D eigenvalue weighted by atomic mass is 19.4. The van der Waals surface area contributed by atoms with Gasteiger partial charge in [0.2, 0.25) is 17.9 Å². The number of benzene rings is 1. The van der Waals surface area contributed by atoms with Crippen LogP contribution in [-0.4, -0.2) is 22.8 Å². The summed E-state index contributed by atoms with van der Waals surface area (Å²) in [5.74, 6) is -2.80. The highest BCUT2D eigenvalue weighted by Crippen LogP contribution is 2.35. The summed E-state index contributed by atoms with van der Waals surface area (Å²) >= 11 is 0. The zero-order valence-electron chi connectivity index (χ0n) is 12.5. The van der Waals surface area contributed by atoms with Crippen LogP contribution in [0.1, 0.15) is 24.5 Å². The zero-order chi connectivity index (χ0) is 18.3. The number of primary amides is 1. The molecule has 0 bridgehead atoms. The number of rotatable bonds is 5. The van der Waals surface area contributed by atoms with E-state index in [4.69, 9.17) is 5.73 Å².